The maximum atomic E-state index is 11.9. The second-order valence-electron chi connectivity index (χ2n) is 6.05. The molecule has 0 saturated carbocycles. The van der Waals surface area contributed by atoms with Gasteiger partial charge in [0.2, 0.25) is 0 Å². The van der Waals surface area contributed by atoms with E-state index in [-0.39, 0.29) is 18.4 Å². The van der Waals surface area contributed by atoms with Crippen LogP contribution in [0.25, 0.3) is 0 Å². The first kappa shape index (κ1) is 21.8. The van der Waals surface area contributed by atoms with Gasteiger partial charge in [0, 0.05) is 5.57 Å². The number of carbonyl (C=O) groups excluding carboxylic acids is 1. The van der Waals surface area contributed by atoms with E-state index in [4.69, 9.17) is 10.5 Å². The van der Waals surface area contributed by atoms with Crippen LogP contribution in [0.1, 0.15) is 73.1 Å². The van der Waals surface area contributed by atoms with E-state index in [1.165, 1.54) is 12.8 Å². The van der Waals surface area contributed by atoms with Crippen molar-refractivity contribution in [2.24, 2.45) is 5.73 Å². The van der Waals surface area contributed by atoms with Gasteiger partial charge in [-0.2, -0.15) is 0 Å². The van der Waals surface area contributed by atoms with Crippen molar-refractivity contribution in [1.29, 1.82) is 0 Å². The zero-order valence-corrected chi connectivity index (χ0v) is 14.6. The van der Waals surface area contributed by atoms with Crippen LogP contribution >= 0.6 is 12.4 Å². The fourth-order valence-electron chi connectivity index (χ4n) is 2.31. The van der Waals surface area contributed by atoms with Gasteiger partial charge in [-0.1, -0.05) is 39.7 Å². The number of nitrogens with two attached hydrogens (primary N) is 1. The molecule has 0 aliphatic heterocycles. The molecule has 1 atom stereocenters. The first-order valence-corrected chi connectivity index (χ1v) is 7.38. The molecule has 2 N–H and O–H groups in total. The third-order valence-corrected chi connectivity index (χ3v) is 3.82. The minimum absolute atomic E-state index is 0. The lowest BCUT2D eigenvalue weighted by molar-refractivity contribution is -0.164. The van der Waals surface area contributed by atoms with Crippen LogP contribution in [0.2, 0.25) is 0 Å². The molecular formula is C16H32ClNO2. The Morgan fingerprint density at radius 1 is 1.20 bits per heavy atom. The number of unbranched alkanes of at least 4 members (excludes halogenated alkanes) is 3. The van der Waals surface area contributed by atoms with Crippen molar-refractivity contribution < 1.29 is 9.53 Å². The fraction of sp³-hybridized carbons (Fsp3) is 0.812. The third-order valence-electron chi connectivity index (χ3n) is 3.82. The van der Waals surface area contributed by atoms with Crippen molar-refractivity contribution >= 4 is 18.4 Å². The summed E-state index contributed by atoms with van der Waals surface area (Å²) < 4.78 is 5.73. The molecule has 0 spiro atoms. The Morgan fingerprint density at radius 3 is 2.10 bits per heavy atom. The van der Waals surface area contributed by atoms with Crippen molar-refractivity contribution in [3.05, 3.63) is 12.2 Å². The van der Waals surface area contributed by atoms with Crippen LogP contribution < -0.4 is 5.73 Å². The van der Waals surface area contributed by atoms with Gasteiger partial charge in [-0.3, -0.25) is 0 Å². The number of halogens is 1. The van der Waals surface area contributed by atoms with E-state index < -0.39 is 11.1 Å². The summed E-state index contributed by atoms with van der Waals surface area (Å²) in [6.45, 7) is 13.4. The van der Waals surface area contributed by atoms with Crippen LogP contribution in [0.4, 0.5) is 0 Å². The monoisotopic (exact) mass is 305 g/mol. The molecule has 0 heterocycles. The molecule has 0 bridgehead atoms. The number of carbonyl (C=O) groups is 1. The van der Waals surface area contributed by atoms with E-state index in [2.05, 4.69) is 13.5 Å². The van der Waals surface area contributed by atoms with Crippen LogP contribution in [0.5, 0.6) is 0 Å². The van der Waals surface area contributed by atoms with Crippen molar-refractivity contribution in [2.75, 3.05) is 0 Å². The molecule has 0 aromatic carbocycles. The highest BCUT2D eigenvalue weighted by Crippen LogP contribution is 2.34. The molecule has 0 rings (SSSR count). The van der Waals surface area contributed by atoms with Gasteiger partial charge in [0.25, 0.3) is 0 Å². The van der Waals surface area contributed by atoms with Gasteiger partial charge in [0.1, 0.15) is 5.60 Å². The topological polar surface area (TPSA) is 52.3 Å². The normalized spacial score (nSPS) is 14.1. The summed E-state index contributed by atoms with van der Waals surface area (Å²) in [6.07, 6.45) is 6.12. The van der Waals surface area contributed by atoms with Gasteiger partial charge in [-0.05, 0) is 40.0 Å². The van der Waals surface area contributed by atoms with Gasteiger partial charge in [0.15, 0.2) is 0 Å². The molecule has 0 aliphatic rings. The highest BCUT2D eigenvalue weighted by Gasteiger charge is 2.44. The molecule has 0 aromatic heterocycles. The van der Waals surface area contributed by atoms with Crippen molar-refractivity contribution in [3.63, 3.8) is 0 Å². The molecule has 4 heteroatoms. The summed E-state index contributed by atoms with van der Waals surface area (Å²) >= 11 is 0. The molecule has 0 fully saturated rings. The second-order valence-corrected chi connectivity index (χ2v) is 6.05. The maximum Gasteiger partial charge on any atom is 0.333 e. The molecule has 3 nitrogen and oxygen atoms in total. The largest absolute Gasteiger partial charge is 0.454 e. The minimum atomic E-state index is -0.600. The lowest BCUT2D eigenvalue weighted by Crippen LogP contribution is -2.58. The Morgan fingerprint density at radius 2 is 1.75 bits per heavy atom. The fourth-order valence-corrected chi connectivity index (χ4v) is 2.31. The third kappa shape index (κ3) is 6.27. The Hall–Kier alpha value is -0.540. The van der Waals surface area contributed by atoms with Gasteiger partial charge < -0.3 is 10.5 Å². The molecule has 20 heavy (non-hydrogen) atoms. The average Bonchev–Trinajstić information content (AvgIpc) is 2.31. The van der Waals surface area contributed by atoms with Crippen molar-refractivity contribution in [2.45, 2.75) is 84.3 Å². The maximum absolute atomic E-state index is 11.9. The average molecular weight is 306 g/mol. The second kappa shape index (κ2) is 9.41. The van der Waals surface area contributed by atoms with E-state index in [1.54, 1.807) is 6.92 Å². The van der Waals surface area contributed by atoms with E-state index >= 15 is 0 Å². The summed E-state index contributed by atoms with van der Waals surface area (Å²) in [5.41, 5.74) is 5.55. The smallest absolute Gasteiger partial charge is 0.333 e. The van der Waals surface area contributed by atoms with Gasteiger partial charge in [-0.25, -0.2) is 4.79 Å². The summed E-state index contributed by atoms with van der Waals surface area (Å²) in [6, 6.07) is 0. The van der Waals surface area contributed by atoms with Crippen LogP contribution in [-0.2, 0) is 9.53 Å². The lowest BCUT2D eigenvalue weighted by Gasteiger charge is -2.43. The summed E-state index contributed by atoms with van der Waals surface area (Å²) in [5, 5.41) is 0. The zero-order chi connectivity index (χ0) is 15.1. The Bertz CT molecular complexity index is 310. The number of hydrogen-bond donors (Lipinski definition) is 1. The van der Waals surface area contributed by atoms with Crippen molar-refractivity contribution in [1.82, 2.24) is 0 Å². The Labute approximate surface area is 130 Å². The number of ether oxygens (including phenoxy) is 1. The summed E-state index contributed by atoms with van der Waals surface area (Å²) in [4.78, 5) is 11.9. The predicted octanol–water partition coefficient (Wildman–Crippen LogP) is 4.38. The number of rotatable bonds is 9. The molecule has 0 saturated heterocycles. The highest BCUT2D eigenvalue weighted by molar-refractivity contribution is 5.87. The first-order chi connectivity index (χ1) is 8.70. The van der Waals surface area contributed by atoms with E-state index in [0.29, 0.717) is 5.57 Å². The van der Waals surface area contributed by atoms with Gasteiger partial charge in [0.05, 0.1) is 5.54 Å². The molecule has 1 unspecified atom stereocenters. The minimum Gasteiger partial charge on any atom is -0.454 e. The van der Waals surface area contributed by atoms with Crippen molar-refractivity contribution in [3.8, 4) is 0 Å². The van der Waals surface area contributed by atoms with E-state index in [0.717, 1.165) is 25.7 Å². The van der Waals surface area contributed by atoms with E-state index in [9.17, 15) is 4.79 Å². The first-order valence-electron chi connectivity index (χ1n) is 7.38. The molecule has 0 aromatic rings. The highest BCUT2D eigenvalue weighted by atomic mass is 35.5. The van der Waals surface area contributed by atoms with Crippen LogP contribution in [0, 0.1) is 0 Å². The molecule has 0 aliphatic carbocycles. The zero-order valence-electron chi connectivity index (χ0n) is 13.8. The van der Waals surface area contributed by atoms with Crippen LogP contribution in [0.3, 0.4) is 0 Å². The predicted molar refractivity (Wildman–Crippen MR) is 88.2 cm³/mol. The number of esters is 1. The molecule has 0 amide bonds. The summed E-state index contributed by atoms with van der Waals surface area (Å²) in [7, 11) is 0. The molecular weight excluding hydrogens is 274 g/mol. The molecule has 120 valence electrons. The van der Waals surface area contributed by atoms with Gasteiger partial charge >= 0.3 is 5.97 Å². The van der Waals surface area contributed by atoms with Crippen LogP contribution in [0.15, 0.2) is 12.2 Å². The summed E-state index contributed by atoms with van der Waals surface area (Å²) in [5.74, 6) is -0.337. The lowest BCUT2D eigenvalue weighted by atomic mass is 9.77. The van der Waals surface area contributed by atoms with E-state index in [1.807, 2.05) is 20.8 Å². The number of hydrogen-bond acceptors (Lipinski definition) is 3. The molecule has 0 radical (unpaired) electrons. The Kier molecular flexibility index (Phi) is 10.2. The van der Waals surface area contributed by atoms with Crippen LogP contribution in [-0.4, -0.2) is 17.1 Å². The van der Waals surface area contributed by atoms with Gasteiger partial charge in [-0.15, -0.1) is 12.4 Å². The quantitative estimate of drug-likeness (QED) is 0.390. The standard InChI is InChI=1S/C16H31NO2.ClH/c1-7-9-10-11-12-16(8-2,15(5,6)17)19-14(18)13(3)4;/h3,7-12,17H2,1-2,4-6H3;1H. The Balaban J connectivity index is 0. The SMILES string of the molecule is C=C(C)C(=O)OC(CC)(CCCCCC)C(C)(C)N.Cl.